The Morgan fingerprint density at radius 2 is 2.02 bits per heavy atom. The summed E-state index contributed by atoms with van der Waals surface area (Å²) in [6.45, 7) is 8.02. The van der Waals surface area contributed by atoms with Gasteiger partial charge in [0.25, 0.3) is 11.5 Å². The van der Waals surface area contributed by atoms with Gasteiger partial charge in [0.1, 0.15) is 28.5 Å². The van der Waals surface area contributed by atoms with Crippen LogP contribution in [0.25, 0.3) is 11.0 Å². The summed E-state index contributed by atoms with van der Waals surface area (Å²) in [4.78, 5) is 33.1. The number of nitrogens with zero attached hydrogens (tertiary/aromatic N) is 4. The van der Waals surface area contributed by atoms with Crippen LogP contribution in [0.4, 0.5) is 4.39 Å². The Morgan fingerprint density at radius 3 is 2.67 bits per heavy atom. The number of nitrogens with one attached hydrogen (secondary N) is 1. The highest BCUT2D eigenvalue weighted by molar-refractivity contribution is 7.88. The van der Waals surface area contributed by atoms with E-state index >= 15 is 0 Å². The number of hydrogen-bond acceptors (Lipinski definition) is 9. The second-order valence-corrected chi connectivity index (χ2v) is 12.2. The number of aromatic nitrogens is 2. The molecule has 2 aromatic rings. The fourth-order valence-corrected chi connectivity index (χ4v) is 5.85. The number of allylic oxidation sites excluding steroid dienone is 5. The molecule has 0 bridgehead atoms. The molecule has 2 aliphatic rings. The topological polar surface area (TPSA) is 143 Å². The van der Waals surface area contributed by atoms with Gasteiger partial charge in [0.15, 0.2) is 11.5 Å². The van der Waals surface area contributed by atoms with E-state index in [4.69, 9.17) is 9.47 Å². The van der Waals surface area contributed by atoms with E-state index in [9.17, 15) is 27.5 Å². The lowest BCUT2D eigenvalue weighted by atomic mass is 10.0. The van der Waals surface area contributed by atoms with E-state index in [1.165, 1.54) is 46.7 Å². The van der Waals surface area contributed by atoms with E-state index in [2.05, 4.69) is 21.8 Å². The highest BCUT2D eigenvalue weighted by Crippen LogP contribution is 2.38. The molecule has 1 saturated heterocycles. The quantitative estimate of drug-likeness (QED) is 0.287. The maximum Gasteiger partial charge on any atom is 0.268 e. The third-order valence-corrected chi connectivity index (χ3v) is 8.50. The standard InChI is InChI=1S/C28H36FN5O7S/c1-5-20(29)7-6-18(2)14-19-15-31-23-24-26(19)41-21(16-32-9-11-33(12-10-32)42(4,38)39)17-34(24)28(37)22(25(23)35)27(36)30-8-13-40-3/h5-7,15,21,35H,2,8-14,16-17H2,1,3-4H3,(H,30,36)/b7-6-,20-5+/t21-/m0/s1. The number of piperazine rings is 1. The van der Waals surface area contributed by atoms with Crippen LogP contribution in [0.15, 0.2) is 47.2 Å². The zero-order valence-corrected chi connectivity index (χ0v) is 24.7. The summed E-state index contributed by atoms with van der Waals surface area (Å²) in [5.74, 6) is -1.42. The van der Waals surface area contributed by atoms with E-state index in [1.54, 1.807) is 6.92 Å². The van der Waals surface area contributed by atoms with Gasteiger partial charge in [-0.3, -0.25) is 24.0 Å². The number of pyridine rings is 2. The number of hydrogen-bond donors (Lipinski definition) is 2. The van der Waals surface area contributed by atoms with Crippen molar-refractivity contribution in [1.82, 2.24) is 24.1 Å². The lowest BCUT2D eigenvalue weighted by molar-refractivity contribution is 0.0889. The van der Waals surface area contributed by atoms with E-state index in [1.807, 2.05) is 0 Å². The first-order valence-corrected chi connectivity index (χ1v) is 15.4. The van der Waals surface area contributed by atoms with Crippen LogP contribution in [0, 0.1) is 0 Å². The van der Waals surface area contributed by atoms with E-state index < -0.39 is 44.7 Å². The molecule has 0 radical (unpaired) electrons. The van der Waals surface area contributed by atoms with Gasteiger partial charge in [0.05, 0.1) is 19.4 Å². The smallest absolute Gasteiger partial charge is 0.268 e. The summed E-state index contributed by atoms with van der Waals surface area (Å²) in [6.07, 6.45) is 6.49. The fraction of sp³-hybridized carbons (Fsp3) is 0.464. The summed E-state index contributed by atoms with van der Waals surface area (Å²) in [7, 11) is -1.82. The van der Waals surface area contributed by atoms with Gasteiger partial charge in [-0.2, -0.15) is 4.31 Å². The van der Waals surface area contributed by atoms with E-state index in [0.29, 0.717) is 49.6 Å². The minimum atomic E-state index is -3.30. The minimum Gasteiger partial charge on any atom is -0.505 e. The molecule has 1 atom stereocenters. The number of sulfonamides is 1. The second kappa shape index (κ2) is 13.2. The van der Waals surface area contributed by atoms with Crippen LogP contribution in [0.2, 0.25) is 0 Å². The first-order chi connectivity index (χ1) is 19.9. The first-order valence-electron chi connectivity index (χ1n) is 13.5. The molecule has 1 amide bonds. The average Bonchev–Trinajstić information content (AvgIpc) is 2.95. The molecule has 2 aromatic heterocycles. The highest BCUT2D eigenvalue weighted by atomic mass is 32.2. The van der Waals surface area contributed by atoms with Crippen LogP contribution in [0.3, 0.4) is 0 Å². The maximum absolute atomic E-state index is 13.7. The number of methoxy groups -OCH3 is 1. The molecule has 0 spiro atoms. The number of halogens is 1. The molecular formula is C28H36FN5O7S. The van der Waals surface area contributed by atoms with Crippen molar-refractivity contribution in [2.24, 2.45) is 0 Å². The number of aromatic hydroxyl groups is 1. The summed E-state index contributed by atoms with van der Waals surface area (Å²) < 4.78 is 51.7. The van der Waals surface area contributed by atoms with E-state index in [-0.39, 0.29) is 37.2 Å². The first kappa shape index (κ1) is 31.3. The van der Waals surface area contributed by atoms with Crippen molar-refractivity contribution in [2.45, 2.75) is 26.0 Å². The molecule has 4 heterocycles. The van der Waals surface area contributed by atoms with Crippen LogP contribution in [-0.2, 0) is 27.7 Å². The predicted molar refractivity (Wildman–Crippen MR) is 156 cm³/mol. The molecular weight excluding hydrogens is 569 g/mol. The Hall–Kier alpha value is -3.59. The van der Waals surface area contributed by atoms with Crippen LogP contribution in [0.5, 0.6) is 11.5 Å². The third kappa shape index (κ3) is 6.89. The maximum atomic E-state index is 13.7. The average molecular weight is 606 g/mol. The SMILES string of the molecule is C=C(/C=C\C(F)=C/C)Cc1cnc2c(O)c(C(=O)NCCOC)c(=O)n3c2c1O[C@@H](CN1CCN(S(C)(=O)=O)CC1)C3. The molecule has 14 heteroatoms. The van der Waals surface area contributed by atoms with Crippen molar-refractivity contribution in [3.8, 4) is 11.5 Å². The Balaban J connectivity index is 1.72. The van der Waals surface area contributed by atoms with Gasteiger partial charge in [-0.05, 0) is 13.0 Å². The monoisotopic (exact) mass is 605 g/mol. The van der Waals surface area contributed by atoms with Gasteiger partial charge in [-0.25, -0.2) is 12.8 Å². The molecule has 1 fully saturated rings. The van der Waals surface area contributed by atoms with Gasteiger partial charge in [-0.15, -0.1) is 0 Å². The summed E-state index contributed by atoms with van der Waals surface area (Å²) in [5.41, 5.74) is 0.277. The number of carbonyl (C=O) groups is 1. The summed E-state index contributed by atoms with van der Waals surface area (Å²) >= 11 is 0. The molecule has 4 rings (SSSR count). The number of amides is 1. The Bertz CT molecular complexity index is 1590. The van der Waals surface area contributed by atoms with Gasteiger partial charge >= 0.3 is 0 Å². The molecule has 42 heavy (non-hydrogen) atoms. The lowest BCUT2D eigenvalue weighted by Crippen LogP contribution is -2.52. The molecule has 0 unspecified atom stereocenters. The number of carbonyl (C=O) groups excluding carboxylic acids is 1. The molecule has 228 valence electrons. The summed E-state index contributed by atoms with van der Waals surface area (Å²) in [6, 6.07) is 0. The zero-order valence-electron chi connectivity index (χ0n) is 23.9. The number of ether oxygens (including phenoxy) is 2. The van der Waals surface area contributed by atoms with Crippen LogP contribution < -0.4 is 15.6 Å². The van der Waals surface area contributed by atoms with Crippen LogP contribution in [0.1, 0.15) is 22.8 Å². The van der Waals surface area contributed by atoms with Crippen molar-refractivity contribution in [2.75, 3.05) is 59.2 Å². The largest absolute Gasteiger partial charge is 0.505 e. The second-order valence-electron chi connectivity index (χ2n) is 10.2. The van der Waals surface area contributed by atoms with Crippen molar-refractivity contribution in [3.05, 3.63) is 63.9 Å². The molecule has 2 N–H and O–H groups in total. The van der Waals surface area contributed by atoms with Crippen molar-refractivity contribution in [3.63, 3.8) is 0 Å². The van der Waals surface area contributed by atoms with Crippen molar-refractivity contribution >= 4 is 27.0 Å². The molecule has 0 saturated carbocycles. The fourth-order valence-electron chi connectivity index (χ4n) is 5.02. The lowest BCUT2D eigenvalue weighted by Gasteiger charge is -2.37. The van der Waals surface area contributed by atoms with E-state index in [0.717, 1.165) is 0 Å². The Labute approximate surface area is 243 Å². The number of rotatable bonds is 11. The van der Waals surface area contributed by atoms with Crippen LogP contribution in [-0.4, -0.2) is 104 Å². The van der Waals surface area contributed by atoms with Gasteiger partial charge in [0.2, 0.25) is 10.0 Å². The third-order valence-electron chi connectivity index (χ3n) is 7.19. The Morgan fingerprint density at radius 1 is 1.31 bits per heavy atom. The van der Waals surface area contributed by atoms with Gasteiger partial charge < -0.3 is 19.9 Å². The summed E-state index contributed by atoms with van der Waals surface area (Å²) in [5, 5.41) is 13.6. The zero-order chi connectivity index (χ0) is 30.6. The normalized spacial score (nSPS) is 18.4. The van der Waals surface area contributed by atoms with Crippen LogP contribution >= 0.6 is 0 Å². The molecule has 2 aliphatic heterocycles. The van der Waals surface area contributed by atoms with Gasteiger partial charge in [0, 0.05) is 64.6 Å². The molecule has 0 aromatic carbocycles. The van der Waals surface area contributed by atoms with Crippen molar-refractivity contribution in [1.29, 1.82) is 0 Å². The predicted octanol–water partition coefficient (Wildman–Crippen LogP) is 1.34. The minimum absolute atomic E-state index is 0.0339. The molecule has 0 aliphatic carbocycles. The van der Waals surface area contributed by atoms with Crippen molar-refractivity contribution < 1.29 is 32.2 Å². The molecule has 12 nitrogen and oxygen atoms in total. The van der Waals surface area contributed by atoms with Gasteiger partial charge in [-0.1, -0.05) is 24.3 Å². The highest BCUT2D eigenvalue weighted by Gasteiger charge is 2.33. The Kier molecular flexibility index (Phi) is 9.82.